The lowest BCUT2D eigenvalue weighted by atomic mass is 10.1. The van der Waals surface area contributed by atoms with Gasteiger partial charge in [0.1, 0.15) is 11.4 Å². The molecule has 56 valence electrons. The van der Waals surface area contributed by atoms with Gasteiger partial charge in [0, 0.05) is 0 Å². The van der Waals surface area contributed by atoms with E-state index in [9.17, 15) is 5.11 Å². The van der Waals surface area contributed by atoms with Crippen LogP contribution >= 0.6 is 0 Å². The fraction of sp³-hybridized carbons (Fsp3) is 0.500. The molecule has 0 aromatic carbocycles. The van der Waals surface area contributed by atoms with Crippen LogP contribution in [0, 0.1) is 6.92 Å². The normalized spacial score (nSPS) is 12.0. The largest absolute Gasteiger partial charge is 0.466 e. The molecule has 0 aliphatic rings. The maximum atomic E-state index is 9.41. The van der Waals surface area contributed by atoms with E-state index in [2.05, 4.69) is 0 Å². The smallest absolute Gasteiger partial charge is 0.135 e. The summed E-state index contributed by atoms with van der Waals surface area (Å²) in [5.74, 6) is 0.616. The van der Waals surface area contributed by atoms with Gasteiger partial charge >= 0.3 is 0 Å². The summed E-state index contributed by atoms with van der Waals surface area (Å²) in [5, 5.41) is 9.41. The van der Waals surface area contributed by atoms with Crippen molar-refractivity contribution in [3.05, 3.63) is 23.7 Å². The second-order valence-electron chi connectivity index (χ2n) is 3.05. The molecule has 0 radical (unpaired) electrons. The molecule has 0 saturated carbocycles. The summed E-state index contributed by atoms with van der Waals surface area (Å²) in [7, 11) is 0. The van der Waals surface area contributed by atoms with Crippen LogP contribution in [0.3, 0.4) is 0 Å². The van der Waals surface area contributed by atoms with Gasteiger partial charge in [-0.2, -0.15) is 0 Å². The zero-order valence-corrected chi connectivity index (χ0v) is 6.51. The zero-order chi connectivity index (χ0) is 7.78. The Morgan fingerprint density at radius 1 is 1.50 bits per heavy atom. The Hall–Kier alpha value is -0.760. The topological polar surface area (TPSA) is 33.4 Å². The second-order valence-corrected chi connectivity index (χ2v) is 3.05. The van der Waals surface area contributed by atoms with Crippen molar-refractivity contribution in [1.82, 2.24) is 0 Å². The van der Waals surface area contributed by atoms with Crippen molar-refractivity contribution in [3.8, 4) is 0 Å². The van der Waals surface area contributed by atoms with Crippen molar-refractivity contribution in [3.63, 3.8) is 0 Å². The van der Waals surface area contributed by atoms with Gasteiger partial charge < -0.3 is 9.52 Å². The quantitative estimate of drug-likeness (QED) is 0.645. The summed E-state index contributed by atoms with van der Waals surface area (Å²) in [6.07, 6.45) is 1.63. The first-order valence-corrected chi connectivity index (χ1v) is 3.28. The molecule has 2 nitrogen and oxygen atoms in total. The predicted molar refractivity (Wildman–Crippen MR) is 38.7 cm³/mol. The highest BCUT2D eigenvalue weighted by atomic mass is 16.4. The number of furan rings is 1. The summed E-state index contributed by atoms with van der Waals surface area (Å²) in [6, 6.07) is 1.83. The van der Waals surface area contributed by atoms with Crippen LogP contribution in [-0.2, 0) is 5.60 Å². The Balaban J connectivity index is 2.96. The molecule has 0 atom stereocenters. The Morgan fingerprint density at radius 3 is 2.30 bits per heavy atom. The molecule has 0 aliphatic carbocycles. The van der Waals surface area contributed by atoms with Gasteiger partial charge in [-0.05, 0) is 32.4 Å². The second kappa shape index (κ2) is 2.13. The number of hydrogen-bond acceptors (Lipinski definition) is 2. The Labute approximate surface area is 60.5 Å². The Kier molecular flexibility index (Phi) is 1.57. The highest BCUT2D eigenvalue weighted by Gasteiger charge is 2.19. The van der Waals surface area contributed by atoms with Crippen LogP contribution in [0.25, 0.3) is 0 Å². The number of hydrogen-bond donors (Lipinski definition) is 1. The Bertz CT molecular complexity index is 217. The highest BCUT2D eigenvalue weighted by molar-refractivity contribution is 5.14. The molecular formula is C8H12O2. The van der Waals surface area contributed by atoms with E-state index in [0.29, 0.717) is 5.76 Å². The van der Waals surface area contributed by atoms with Crippen LogP contribution in [-0.4, -0.2) is 5.11 Å². The van der Waals surface area contributed by atoms with E-state index in [1.165, 1.54) is 0 Å². The van der Waals surface area contributed by atoms with Gasteiger partial charge in [0.15, 0.2) is 0 Å². The molecule has 0 saturated heterocycles. The van der Waals surface area contributed by atoms with E-state index in [4.69, 9.17) is 4.42 Å². The minimum absolute atomic E-state index is 0.616. The monoisotopic (exact) mass is 140 g/mol. The minimum atomic E-state index is -0.853. The molecule has 2 heteroatoms. The van der Waals surface area contributed by atoms with E-state index in [1.54, 1.807) is 20.1 Å². The molecule has 10 heavy (non-hydrogen) atoms. The SMILES string of the molecule is Cc1coc(C(C)(C)O)c1. The lowest BCUT2D eigenvalue weighted by molar-refractivity contribution is 0.0541. The van der Waals surface area contributed by atoms with Crippen LogP contribution in [0.4, 0.5) is 0 Å². The summed E-state index contributed by atoms with van der Waals surface area (Å²) in [4.78, 5) is 0. The molecular weight excluding hydrogens is 128 g/mol. The third-order valence-corrected chi connectivity index (χ3v) is 1.33. The van der Waals surface area contributed by atoms with Crippen molar-refractivity contribution in [2.45, 2.75) is 26.4 Å². The van der Waals surface area contributed by atoms with Crippen LogP contribution in [0.2, 0.25) is 0 Å². The first kappa shape index (κ1) is 7.35. The summed E-state index contributed by atoms with van der Waals surface area (Å²) >= 11 is 0. The van der Waals surface area contributed by atoms with Gasteiger partial charge in [-0.15, -0.1) is 0 Å². The van der Waals surface area contributed by atoms with Gasteiger partial charge in [-0.3, -0.25) is 0 Å². The average molecular weight is 140 g/mol. The van der Waals surface area contributed by atoms with Gasteiger partial charge in [0.2, 0.25) is 0 Å². The van der Waals surface area contributed by atoms with Crippen molar-refractivity contribution >= 4 is 0 Å². The van der Waals surface area contributed by atoms with Crippen molar-refractivity contribution in [2.24, 2.45) is 0 Å². The van der Waals surface area contributed by atoms with Crippen molar-refractivity contribution in [1.29, 1.82) is 0 Å². The lowest BCUT2D eigenvalue weighted by Gasteiger charge is -2.12. The van der Waals surface area contributed by atoms with Gasteiger partial charge in [-0.25, -0.2) is 0 Å². The molecule has 0 amide bonds. The predicted octanol–water partition coefficient (Wildman–Crippen LogP) is 1.82. The van der Waals surface area contributed by atoms with Gasteiger partial charge in [0.25, 0.3) is 0 Å². The first-order valence-electron chi connectivity index (χ1n) is 3.28. The maximum Gasteiger partial charge on any atom is 0.135 e. The third-order valence-electron chi connectivity index (χ3n) is 1.33. The third kappa shape index (κ3) is 1.39. The zero-order valence-electron chi connectivity index (χ0n) is 6.51. The molecule has 0 bridgehead atoms. The van der Waals surface area contributed by atoms with Crippen molar-refractivity contribution in [2.75, 3.05) is 0 Å². The average Bonchev–Trinajstić information content (AvgIpc) is 2.11. The summed E-state index contributed by atoms with van der Waals surface area (Å²) in [6.45, 7) is 5.33. The van der Waals surface area contributed by atoms with E-state index in [0.717, 1.165) is 5.56 Å². The molecule has 1 aromatic rings. The summed E-state index contributed by atoms with van der Waals surface area (Å²) in [5.41, 5.74) is 0.186. The Morgan fingerprint density at radius 2 is 2.10 bits per heavy atom. The molecule has 0 fully saturated rings. The van der Waals surface area contributed by atoms with Crippen LogP contribution < -0.4 is 0 Å². The van der Waals surface area contributed by atoms with E-state index >= 15 is 0 Å². The number of rotatable bonds is 1. The molecule has 0 aliphatic heterocycles. The number of aliphatic hydroxyl groups is 1. The molecule has 1 N–H and O–H groups in total. The van der Waals surface area contributed by atoms with E-state index < -0.39 is 5.60 Å². The fourth-order valence-corrected chi connectivity index (χ4v) is 0.752. The molecule has 1 heterocycles. The van der Waals surface area contributed by atoms with E-state index in [-0.39, 0.29) is 0 Å². The number of aryl methyl sites for hydroxylation is 1. The highest BCUT2D eigenvalue weighted by Crippen LogP contribution is 2.21. The first-order chi connectivity index (χ1) is 4.50. The van der Waals surface area contributed by atoms with Crippen LogP contribution in [0.5, 0.6) is 0 Å². The van der Waals surface area contributed by atoms with Gasteiger partial charge in [0.05, 0.1) is 6.26 Å². The molecule has 1 aromatic heterocycles. The maximum absolute atomic E-state index is 9.41. The van der Waals surface area contributed by atoms with Crippen LogP contribution in [0.15, 0.2) is 16.7 Å². The van der Waals surface area contributed by atoms with Crippen LogP contribution in [0.1, 0.15) is 25.2 Å². The molecule has 0 spiro atoms. The molecule has 0 unspecified atom stereocenters. The van der Waals surface area contributed by atoms with Crippen molar-refractivity contribution < 1.29 is 9.52 Å². The van der Waals surface area contributed by atoms with Gasteiger partial charge in [-0.1, -0.05) is 0 Å². The lowest BCUT2D eigenvalue weighted by Crippen LogP contribution is -2.13. The molecule has 1 rings (SSSR count). The minimum Gasteiger partial charge on any atom is -0.466 e. The summed E-state index contributed by atoms with van der Waals surface area (Å²) < 4.78 is 5.08. The fourth-order valence-electron chi connectivity index (χ4n) is 0.752. The van der Waals surface area contributed by atoms with E-state index in [1.807, 2.05) is 13.0 Å². The standard InChI is InChI=1S/C8H12O2/c1-6-4-7(10-5-6)8(2,3)9/h4-5,9H,1-3H3.